The zero-order chi connectivity index (χ0) is 16.1. The molecule has 118 valence electrons. The van der Waals surface area contributed by atoms with E-state index in [9.17, 15) is 4.79 Å². The van der Waals surface area contributed by atoms with Crippen LogP contribution in [-0.4, -0.2) is 18.3 Å². The lowest BCUT2D eigenvalue weighted by molar-refractivity contribution is 0.186. The third-order valence-corrected chi connectivity index (χ3v) is 4.90. The standard InChI is InChI=1S/C19H19NO2S/c1-22-13-12-20-11-10-16-17(19(20)21)8-5-9-18(16)23-14-15-6-3-2-4-7-15/h2-11H,12-14H2,1H3. The SMILES string of the molecule is COCCn1ccc2c(SCc3ccccc3)cccc2c1=O. The van der Waals surface area contributed by atoms with Crippen molar-refractivity contribution in [3.63, 3.8) is 0 Å². The van der Waals surface area contributed by atoms with Gasteiger partial charge in [0.15, 0.2) is 0 Å². The number of hydrogen-bond acceptors (Lipinski definition) is 3. The summed E-state index contributed by atoms with van der Waals surface area (Å²) >= 11 is 1.76. The Morgan fingerprint density at radius 2 is 1.83 bits per heavy atom. The maximum atomic E-state index is 12.6. The molecule has 0 bridgehead atoms. The summed E-state index contributed by atoms with van der Waals surface area (Å²) in [5.74, 6) is 0.896. The quantitative estimate of drug-likeness (QED) is 0.643. The molecule has 3 nitrogen and oxygen atoms in total. The molecular formula is C19H19NO2S. The molecule has 0 N–H and O–H groups in total. The molecule has 0 aliphatic carbocycles. The minimum atomic E-state index is 0.0433. The molecule has 3 rings (SSSR count). The van der Waals surface area contributed by atoms with Gasteiger partial charge in [0, 0.05) is 41.3 Å². The van der Waals surface area contributed by atoms with Crippen LogP contribution in [0.1, 0.15) is 5.56 Å². The van der Waals surface area contributed by atoms with Gasteiger partial charge in [0.05, 0.1) is 6.61 Å². The first kappa shape index (κ1) is 15.8. The van der Waals surface area contributed by atoms with Gasteiger partial charge in [-0.1, -0.05) is 36.4 Å². The molecule has 0 unspecified atom stereocenters. The predicted molar refractivity (Wildman–Crippen MR) is 96.1 cm³/mol. The molecular weight excluding hydrogens is 306 g/mol. The fourth-order valence-corrected chi connectivity index (χ4v) is 3.54. The maximum absolute atomic E-state index is 12.6. The van der Waals surface area contributed by atoms with Crippen LogP contribution in [0.2, 0.25) is 0 Å². The van der Waals surface area contributed by atoms with Crippen molar-refractivity contribution in [3.8, 4) is 0 Å². The van der Waals surface area contributed by atoms with Crippen molar-refractivity contribution < 1.29 is 4.74 Å². The second-order valence-corrected chi connectivity index (χ2v) is 6.32. The van der Waals surface area contributed by atoms with E-state index < -0.39 is 0 Å². The molecule has 0 fully saturated rings. The normalized spacial score (nSPS) is 11.0. The van der Waals surface area contributed by atoms with Crippen LogP contribution in [0.15, 0.2) is 70.5 Å². The number of fused-ring (bicyclic) bond motifs is 1. The van der Waals surface area contributed by atoms with Crippen LogP contribution >= 0.6 is 11.8 Å². The van der Waals surface area contributed by atoms with Crippen molar-refractivity contribution in [2.45, 2.75) is 17.2 Å². The summed E-state index contributed by atoms with van der Waals surface area (Å²) in [6, 6.07) is 18.3. The molecule has 0 amide bonds. The van der Waals surface area contributed by atoms with Gasteiger partial charge in [0.1, 0.15) is 0 Å². The summed E-state index contributed by atoms with van der Waals surface area (Å²) in [5.41, 5.74) is 1.32. The van der Waals surface area contributed by atoms with Crippen molar-refractivity contribution in [3.05, 3.63) is 76.7 Å². The van der Waals surface area contributed by atoms with Gasteiger partial charge >= 0.3 is 0 Å². The van der Waals surface area contributed by atoms with Gasteiger partial charge in [0.2, 0.25) is 0 Å². The average Bonchev–Trinajstić information content (AvgIpc) is 2.60. The zero-order valence-corrected chi connectivity index (χ0v) is 13.9. The van der Waals surface area contributed by atoms with Gasteiger partial charge in [0.25, 0.3) is 5.56 Å². The van der Waals surface area contributed by atoms with Gasteiger partial charge in [-0.25, -0.2) is 0 Å². The van der Waals surface area contributed by atoms with Crippen molar-refractivity contribution in [2.24, 2.45) is 0 Å². The highest BCUT2D eigenvalue weighted by Gasteiger charge is 2.07. The van der Waals surface area contributed by atoms with Gasteiger partial charge < -0.3 is 9.30 Å². The molecule has 1 aromatic heterocycles. The monoisotopic (exact) mass is 325 g/mol. The van der Waals surface area contributed by atoms with E-state index in [0.717, 1.165) is 21.4 Å². The predicted octanol–water partition coefficient (Wildman–Crippen LogP) is 3.94. The van der Waals surface area contributed by atoms with Gasteiger partial charge in [-0.05, 0) is 23.8 Å². The highest BCUT2D eigenvalue weighted by Crippen LogP contribution is 2.28. The first-order valence-corrected chi connectivity index (χ1v) is 8.56. The highest BCUT2D eigenvalue weighted by molar-refractivity contribution is 7.98. The molecule has 4 heteroatoms. The third kappa shape index (κ3) is 3.66. The smallest absolute Gasteiger partial charge is 0.258 e. The Kier molecular flexibility index (Phi) is 5.16. The molecule has 3 aromatic rings. The number of hydrogen-bond donors (Lipinski definition) is 0. The van der Waals surface area contributed by atoms with E-state index >= 15 is 0 Å². The summed E-state index contributed by atoms with van der Waals surface area (Å²) in [7, 11) is 1.64. The lowest BCUT2D eigenvalue weighted by Crippen LogP contribution is -2.21. The first-order valence-electron chi connectivity index (χ1n) is 7.57. The fourth-order valence-electron chi connectivity index (χ4n) is 2.52. The topological polar surface area (TPSA) is 31.2 Å². The van der Waals surface area contributed by atoms with Crippen LogP contribution in [-0.2, 0) is 17.0 Å². The lowest BCUT2D eigenvalue weighted by Gasteiger charge is -2.10. The van der Waals surface area contributed by atoms with Crippen LogP contribution in [0.3, 0.4) is 0 Å². The van der Waals surface area contributed by atoms with Crippen LogP contribution < -0.4 is 5.56 Å². The van der Waals surface area contributed by atoms with Gasteiger partial charge in [-0.2, -0.15) is 0 Å². The second kappa shape index (κ2) is 7.49. The summed E-state index contributed by atoms with van der Waals surface area (Å²) in [6.07, 6.45) is 1.86. The van der Waals surface area contributed by atoms with Gasteiger partial charge in [-0.3, -0.25) is 4.79 Å². The van der Waals surface area contributed by atoms with E-state index in [-0.39, 0.29) is 5.56 Å². The Morgan fingerprint density at radius 1 is 1.00 bits per heavy atom. The minimum Gasteiger partial charge on any atom is -0.383 e. The minimum absolute atomic E-state index is 0.0433. The fraction of sp³-hybridized carbons (Fsp3) is 0.211. The van der Waals surface area contributed by atoms with Crippen LogP contribution in [0.4, 0.5) is 0 Å². The van der Waals surface area contributed by atoms with Crippen molar-refractivity contribution in [1.82, 2.24) is 4.57 Å². The lowest BCUT2D eigenvalue weighted by atomic mass is 10.2. The molecule has 0 saturated carbocycles. The number of rotatable bonds is 6. The molecule has 1 heterocycles. The Hall–Kier alpha value is -2.04. The van der Waals surface area contributed by atoms with E-state index in [1.165, 1.54) is 5.56 Å². The number of nitrogens with zero attached hydrogens (tertiary/aromatic N) is 1. The average molecular weight is 325 g/mol. The van der Waals surface area contributed by atoms with Crippen molar-refractivity contribution >= 4 is 22.5 Å². The molecule has 0 aliphatic heterocycles. The zero-order valence-electron chi connectivity index (χ0n) is 13.1. The number of thioether (sulfide) groups is 1. The Balaban J connectivity index is 1.90. The number of methoxy groups -OCH3 is 1. The first-order chi connectivity index (χ1) is 11.3. The second-order valence-electron chi connectivity index (χ2n) is 5.30. The Bertz CT molecular complexity index is 843. The van der Waals surface area contributed by atoms with Crippen molar-refractivity contribution in [1.29, 1.82) is 0 Å². The van der Waals surface area contributed by atoms with E-state index in [2.05, 4.69) is 18.2 Å². The van der Waals surface area contributed by atoms with Crippen molar-refractivity contribution in [2.75, 3.05) is 13.7 Å². The molecule has 2 aromatic carbocycles. The number of aromatic nitrogens is 1. The van der Waals surface area contributed by atoms with E-state index in [1.54, 1.807) is 23.4 Å². The van der Waals surface area contributed by atoms with Crippen LogP contribution in [0.5, 0.6) is 0 Å². The molecule has 0 atom stereocenters. The largest absolute Gasteiger partial charge is 0.383 e. The molecule has 0 radical (unpaired) electrons. The van der Waals surface area contributed by atoms with Crippen LogP contribution in [0.25, 0.3) is 10.8 Å². The summed E-state index contributed by atoms with van der Waals surface area (Å²) in [5, 5.41) is 1.79. The summed E-state index contributed by atoms with van der Waals surface area (Å²) < 4.78 is 6.77. The number of ether oxygens (including phenoxy) is 1. The highest BCUT2D eigenvalue weighted by atomic mass is 32.2. The molecule has 0 saturated heterocycles. The van der Waals surface area contributed by atoms with Crippen LogP contribution in [0, 0.1) is 0 Å². The summed E-state index contributed by atoms with van der Waals surface area (Å²) in [6.45, 7) is 1.11. The Morgan fingerprint density at radius 3 is 2.61 bits per heavy atom. The van der Waals surface area contributed by atoms with E-state index in [0.29, 0.717) is 13.2 Å². The molecule has 0 aliphatic rings. The van der Waals surface area contributed by atoms with E-state index in [1.807, 2.05) is 42.6 Å². The number of benzene rings is 2. The molecule has 0 spiro atoms. The van der Waals surface area contributed by atoms with Gasteiger partial charge in [-0.15, -0.1) is 11.8 Å². The third-order valence-electron chi connectivity index (χ3n) is 3.75. The number of pyridine rings is 1. The Labute approximate surface area is 139 Å². The maximum Gasteiger partial charge on any atom is 0.258 e. The molecule has 23 heavy (non-hydrogen) atoms. The summed E-state index contributed by atoms with van der Waals surface area (Å²) in [4.78, 5) is 13.7. The van der Waals surface area contributed by atoms with E-state index in [4.69, 9.17) is 4.74 Å².